The third kappa shape index (κ3) is 4.46. The van der Waals surface area contributed by atoms with Crippen molar-refractivity contribution in [3.63, 3.8) is 0 Å². The molecule has 138 valence electrons. The zero-order valence-electron chi connectivity index (χ0n) is 14.1. The Balaban J connectivity index is 1.62. The van der Waals surface area contributed by atoms with Crippen molar-refractivity contribution < 1.29 is 13.2 Å². The molecule has 0 bridgehead atoms. The van der Waals surface area contributed by atoms with Crippen molar-refractivity contribution >= 4 is 27.6 Å². The second kappa shape index (κ2) is 7.94. The Hall–Kier alpha value is -2.29. The van der Waals surface area contributed by atoms with Crippen LogP contribution in [0.5, 0.6) is 5.75 Å². The van der Waals surface area contributed by atoms with Gasteiger partial charge in [-0.25, -0.2) is 18.1 Å². The van der Waals surface area contributed by atoms with E-state index < -0.39 is 10.0 Å². The molecule has 0 saturated heterocycles. The summed E-state index contributed by atoms with van der Waals surface area (Å²) in [5, 5.41) is 3.67. The maximum Gasteiger partial charge on any atom is 0.264 e. The summed E-state index contributed by atoms with van der Waals surface area (Å²) < 4.78 is 32.3. The predicted octanol–water partition coefficient (Wildman–Crippen LogP) is 2.00. The molecule has 2 aromatic carbocycles. The summed E-state index contributed by atoms with van der Waals surface area (Å²) in [6, 6.07) is 13.7. The molecule has 7 nitrogen and oxygen atoms in total. The highest BCUT2D eigenvalue weighted by Crippen LogP contribution is 2.18. The molecular formula is C17H19ClN4O3S. The van der Waals surface area contributed by atoms with E-state index in [-0.39, 0.29) is 10.9 Å². The first-order chi connectivity index (χ1) is 12.5. The molecule has 0 saturated carbocycles. The van der Waals surface area contributed by atoms with Crippen LogP contribution in [0.1, 0.15) is 5.56 Å². The minimum absolute atomic E-state index is 0.140. The van der Waals surface area contributed by atoms with Crippen LogP contribution < -0.4 is 14.8 Å². The summed E-state index contributed by atoms with van der Waals surface area (Å²) in [4.78, 5) is 6.40. The van der Waals surface area contributed by atoms with E-state index in [9.17, 15) is 8.42 Å². The second-order valence-corrected chi connectivity index (χ2v) is 7.77. The van der Waals surface area contributed by atoms with Crippen LogP contribution in [0.3, 0.4) is 0 Å². The summed E-state index contributed by atoms with van der Waals surface area (Å²) in [7, 11) is -2.18. The van der Waals surface area contributed by atoms with Crippen molar-refractivity contribution in [1.29, 1.82) is 0 Å². The molecule has 2 aromatic rings. The number of sulfonamides is 1. The van der Waals surface area contributed by atoms with Gasteiger partial charge in [-0.1, -0.05) is 29.8 Å². The monoisotopic (exact) mass is 394 g/mol. The molecule has 9 heteroatoms. The van der Waals surface area contributed by atoms with E-state index in [0.29, 0.717) is 30.7 Å². The summed E-state index contributed by atoms with van der Waals surface area (Å²) >= 11 is 6.17. The number of nitrogens with zero attached hydrogens (tertiary/aromatic N) is 2. The fourth-order valence-electron chi connectivity index (χ4n) is 2.45. The first-order valence-corrected chi connectivity index (χ1v) is 9.75. The van der Waals surface area contributed by atoms with Crippen molar-refractivity contribution in [2.75, 3.05) is 20.4 Å². The Morgan fingerprint density at radius 3 is 2.58 bits per heavy atom. The lowest BCUT2D eigenvalue weighted by molar-refractivity contribution is 0.255. The van der Waals surface area contributed by atoms with Crippen molar-refractivity contribution in [3.8, 4) is 5.75 Å². The van der Waals surface area contributed by atoms with Crippen LogP contribution in [0.15, 0.2) is 58.4 Å². The molecule has 1 aliphatic rings. The van der Waals surface area contributed by atoms with Gasteiger partial charge < -0.3 is 10.1 Å². The number of methoxy groups -OCH3 is 1. The van der Waals surface area contributed by atoms with E-state index in [1.165, 1.54) is 19.2 Å². The van der Waals surface area contributed by atoms with Crippen LogP contribution in [0.2, 0.25) is 5.02 Å². The Kier molecular flexibility index (Phi) is 5.65. The van der Waals surface area contributed by atoms with E-state index in [2.05, 4.69) is 15.0 Å². The zero-order valence-corrected chi connectivity index (χ0v) is 15.7. The van der Waals surface area contributed by atoms with Gasteiger partial charge in [0.2, 0.25) is 5.96 Å². The molecule has 2 N–H and O–H groups in total. The number of guanidine groups is 1. The van der Waals surface area contributed by atoms with Gasteiger partial charge in [0.15, 0.2) is 0 Å². The molecule has 26 heavy (non-hydrogen) atoms. The lowest BCUT2D eigenvalue weighted by Gasteiger charge is -2.27. The van der Waals surface area contributed by atoms with E-state index in [4.69, 9.17) is 16.3 Å². The Morgan fingerprint density at radius 1 is 1.23 bits per heavy atom. The highest BCUT2D eigenvalue weighted by molar-refractivity contribution is 7.90. The van der Waals surface area contributed by atoms with Crippen LogP contribution in [-0.2, 0) is 16.6 Å². The minimum atomic E-state index is -3.71. The summed E-state index contributed by atoms with van der Waals surface area (Å²) in [6.07, 6.45) is 0. The predicted molar refractivity (Wildman–Crippen MR) is 101 cm³/mol. The molecule has 1 heterocycles. The fraction of sp³-hybridized carbons (Fsp3) is 0.235. The van der Waals surface area contributed by atoms with Crippen LogP contribution >= 0.6 is 11.6 Å². The van der Waals surface area contributed by atoms with Crippen molar-refractivity contribution in [1.82, 2.24) is 14.9 Å². The molecule has 0 spiro atoms. The molecular weight excluding hydrogens is 376 g/mol. The first kappa shape index (κ1) is 18.5. The highest BCUT2D eigenvalue weighted by Gasteiger charge is 2.20. The topological polar surface area (TPSA) is 83.0 Å². The van der Waals surface area contributed by atoms with Gasteiger partial charge in [-0.15, -0.1) is 0 Å². The maximum absolute atomic E-state index is 12.4. The van der Waals surface area contributed by atoms with Crippen LogP contribution in [-0.4, -0.2) is 39.7 Å². The summed E-state index contributed by atoms with van der Waals surface area (Å²) in [5.74, 6) is 0.809. The van der Waals surface area contributed by atoms with Crippen molar-refractivity contribution in [2.45, 2.75) is 11.4 Å². The van der Waals surface area contributed by atoms with Gasteiger partial charge in [0, 0.05) is 11.6 Å². The third-order valence-electron chi connectivity index (χ3n) is 3.85. The number of nitrogens with one attached hydrogen (secondary N) is 2. The normalized spacial score (nSPS) is 15.1. The van der Waals surface area contributed by atoms with Crippen LogP contribution in [0.4, 0.5) is 0 Å². The van der Waals surface area contributed by atoms with Gasteiger partial charge in [-0.3, -0.25) is 4.90 Å². The molecule has 0 fully saturated rings. The molecule has 0 aromatic heterocycles. The molecule has 0 unspecified atom stereocenters. The average molecular weight is 395 g/mol. The van der Waals surface area contributed by atoms with Crippen molar-refractivity contribution in [3.05, 3.63) is 59.1 Å². The highest BCUT2D eigenvalue weighted by atomic mass is 35.5. The first-order valence-electron chi connectivity index (χ1n) is 7.89. The SMILES string of the molecule is COc1ccc(S(=O)(=O)NC2=NCN(Cc3ccccc3Cl)CN2)cc1. The third-order valence-corrected chi connectivity index (χ3v) is 5.58. The minimum Gasteiger partial charge on any atom is -0.497 e. The molecule has 1 aliphatic heterocycles. The molecule has 0 amide bonds. The molecule has 0 radical (unpaired) electrons. The lowest BCUT2D eigenvalue weighted by Crippen LogP contribution is -2.49. The van der Waals surface area contributed by atoms with Gasteiger partial charge in [-0.05, 0) is 35.9 Å². The van der Waals surface area contributed by atoms with E-state index in [1.807, 2.05) is 29.2 Å². The van der Waals surface area contributed by atoms with Gasteiger partial charge in [0.05, 0.1) is 25.3 Å². The molecule has 0 atom stereocenters. The van der Waals surface area contributed by atoms with Gasteiger partial charge in [0.1, 0.15) is 5.75 Å². The standard InChI is InChI=1S/C17H19ClN4O3S/c1-25-14-6-8-15(9-7-14)26(23,24)21-17-19-11-22(12-20-17)10-13-4-2-3-5-16(13)18/h2-9H,10-12H2,1H3,(H2,19,20,21). The quantitative estimate of drug-likeness (QED) is 0.810. The summed E-state index contributed by atoms with van der Waals surface area (Å²) in [5.41, 5.74) is 0.994. The lowest BCUT2D eigenvalue weighted by atomic mass is 10.2. The maximum atomic E-state index is 12.4. The van der Waals surface area contributed by atoms with E-state index in [0.717, 1.165) is 5.56 Å². The Bertz CT molecular complexity index is 900. The zero-order chi connectivity index (χ0) is 18.6. The van der Waals surface area contributed by atoms with Crippen LogP contribution in [0, 0.1) is 0 Å². The molecule has 3 rings (SSSR count). The van der Waals surface area contributed by atoms with Crippen molar-refractivity contribution in [2.24, 2.45) is 4.99 Å². The summed E-state index contributed by atoms with van der Waals surface area (Å²) in [6.45, 7) is 1.43. The number of halogens is 1. The van der Waals surface area contributed by atoms with Gasteiger partial charge in [0.25, 0.3) is 10.0 Å². The average Bonchev–Trinajstić information content (AvgIpc) is 2.65. The van der Waals surface area contributed by atoms with E-state index >= 15 is 0 Å². The van der Waals surface area contributed by atoms with Gasteiger partial charge in [-0.2, -0.15) is 0 Å². The smallest absolute Gasteiger partial charge is 0.264 e. The number of aliphatic imine (C=N–C) groups is 1. The molecule has 0 aliphatic carbocycles. The number of hydrogen-bond donors (Lipinski definition) is 2. The fourth-order valence-corrected chi connectivity index (χ4v) is 3.65. The van der Waals surface area contributed by atoms with Crippen LogP contribution in [0.25, 0.3) is 0 Å². The van der Waals surface area contributed by atoms with Gasteiger partial charge >= 0.3 is 0 Å². The second-order valence-electron chi connectivity index (χ2n) is 5.68. The van der Waals surface area contributed by atoms with E-state index in [1.54, 1.807) is 12.1 Å². The Labute approximate surface area is 157 Å². The largest absolute Gasteiger partial charge is 0.497 e. The number of benzene rings is 2. The Morgan fingerprint density at radius 2 is 1.96 bits per heavy atom. The number of rotatable bonds is 5. The number of hydrogen-bond acceptors (Lipinski definition) is 6. The number of ether oxygens (including phenoxy) is 1.